The van der Waals surface area contributed by atoms with Gasteiger partial charge in [0.1, 0.15) is 0 Å². The Balaban J connectivity index is 1.89. The van der Waals surface area contributed by atoms with E-state index in [1.165, 1.54) is 25.7 Å². The number of hydrogen-bond donors (Lipinski definition) is 2. The van der Waals surface area contributed by atoms with Gasteiger partial charge >= 0.3 is 0 Å². The summed E-state index contributed by atoms with van der Waals surface area (Å²) in [5.74, 6) is 1.52. The first-order chi connectivity index (χ1) is 7.76. The van der Waals surface area contributed by atoms with Crippen molar-refractivity contribution in [2.24, 2.45) is 11.8 Å². The van der Waals surface area contributed by atoms with Crippen molar-refractivity contribution in [1.29, 1.82) is 0 Å². The van der Waals surface area contributed by atoms with Gasteiger partial charge in [0.05, 0.1) is 12.7 Å². The number of hydrogen-bond acceptors (Lipinski definition) is 3. The zero-order valence-electron chi connectivity index (χ0n) is 10.7. The lowest BCUT2D eigenvalue weighted by Crippen LogP contribution is -2.33. The minimum atomic E-state index is -0.354. The molecule has 0 saturated heterocycles. The van der Waals surface area contributed by atoms with E-state index in [9.17, 15) is 5.11 Å². The van der Waals surface area contributed by atoms with Crippen molar-refractivity contribution in [3.05, 3.63) is 0 Å². The van der Waals surface area contributed by atoms with Gasteiger partial charge in [-0.15, -0.1) is 0 Å². The van der Waals surface area contributed by atoms with E-state index < -0.39 is 0 Å². The lowest BCUT2D eigenvalue weighted by atomic mass is 10.0. The van der Waals surface area contributed by atoms with Crippen LogP contribution in [0, 0.1) is 11.8 Å². The molecule has 0 spiro atoms. The lowest BCUT2D eigenvalue weighted by Gasteiger charge is -2.16. The van der Waals surface area contributed by atoms with Gasteiger partial charge in [-0.2, -0.15) is 0 Å². The molecule has 0 bridgehead atoms. The van der Waals surface area contributed by atoms with E-state index >= 15 is 0 Å². The van der Waals surface area contributed by atoms with E-state index in [0.717, 1.165) is 25.0 Å². The molecular formula is C13H27NO2. The van der Waals surface area contributed by atoms with Crippen LogP contribution in [0.25, 0.3) is 0 Å². The third-order valence-electron chi connectivity index (χ3n) is 3.33. The number of rotatable bonds is 10. The number of nitrogens with one attached hydrogen (secondary N) is 1. The Kier molecular flexibility index (Phi) is 7.01. The molecule has 3 nitrogen and oxygen atoms in total. The number of aliphatic hydroxyl groups is 1. The van der Waals surface area contributed by atoms with Crippen LogP contribution >= 0.6 is 0 Å². The van der Waals surface area contributed by atoms with E-state index in [1.807, 2.05) is 0 Å². The third kappa shape index (κ3) is 6.46. The monoisotopic (exact) mass is 229 g/mol. The summed E-state index contributed by atoms with van der Waals surface area (Å²) in [4.78, 5) is 0. The maximum atomic E-state index is 9.65. The number of ether oxygens (including phenoxy) is 1. The molecule has 0 radical (unpaired) electrons. The molecule has 0 aliphatic heterocycles. The quantitative estimate of drug-likeness (QED) is 0.600. The third-order valence-corrected chi connectivity index (χ3v) is 3.33. The standard InChI is InChI=1S/C13H27NO2/c1-3-11(4-2)7-14-8-13(15)10-16-9-12-5-6-12/h11-15H,3-10H2,1-2H3. The summed E-state index contributed by atoms with van der Waals surface area (Å²) in [6, 6.07) is 0. The smallest absolute Gasteiger partial charge is 0.0897 e. The molecule has 1 aliphatic carbocycles. The Morgan fingerprint density at radius 2 is 1.94 bits per heavy atom. The molecule has 3 heteroatoms. The largest absolute Gasteiger partial charge is 0.389 e. The zero-order valence-corrected chi connectivity index (χ0v) is 10.7. The van der Waals surface area contributed by atoms with Crippen LogP contribution < -0.4 is 5.32 Å². The second kappa shape index (κ2) is 8.04. The fraction of sp³-hybridized carbons (Fsp3) is 1.00. The van der Waals surface area contributed by atoms with E-state index in [1.54, 1.807) is 0 Å². The van der Waals surface area contributed by atoms with Gasteiger partial charge in [-0.3, -0.25) is 0 Å². The molecule has 1 atom stereocenters. The van der Waals surface area contributed by atoms with Gasteiger partial charge in [-0.1, -0.05) is 26.7 Å². The molecule has 1 unspecified atom stereocenters. The molecule has 1 rings (SSSR count). The predicted molar refractivity (Wildman–Crippen MR) is 66.5 cm³/mol. The second-order valence-electron chi connectivity index (χ2n) is 4.98. The summed E-state index contributed by atoms with van der Waals surface area (Å²) in [6.45, 7) is 7.40. The van der Waals surface area contributed by atoms with Gasteiger partial charge in [0.2, 0.25) is 0 Å². The molecule has 0 amide bonds. The van der Waals surface area contributed by atoms with Crippen molar-refractivity contribution >= 4 is 0 Å². The van der Waals surface area contributed by atoms with Crippen LogP contribution in [-0.4, -0.2) is 37.5 Å². The fourth-order valence-electron chi connectivity index (χ4n) is 1.75. The first-order valence-corrected chi connectivity index (χ1v) is 6.72. The summed E-state index contributed by atoms with van der Waals surface area (Å²) < 4.78 is 5.44. The summed E-state index contributed by atoms with van der Waals surface area (Å²) in [5, 5.41) is 13.0. The molecule has 1 aliphatic rings. The van der Waals surface area contributed by atoms with Crippen LogP contribution in [0.5, 0.6) is 0 Å². The molecule has 0 heterocycles. The average molecular weight is 229 g/mol. The van der Waals surface area contributed by atoms with E-state index in [0.29, 0.717) is 13.2 Å². The second-order valence-corrected chi connectivity index (χ2v) is 4.98. The van der Waals surface area contributed by atoms with Crippen LogP contribution in [0.1, 0.15) is 39.5 Å². The van der Waals surface area contributed by atoms with Crippen LogP contribution in [-0.2, 0) is 4.74 Å². The summed E-state index contributed by atoms with van der Waals surface area (Å²) in [5.41, 5.74) is 0. The summed E-state index contributed by atoms with van der Waals surface area (Å²) >= 11 is 0. The highest BCUT2D eigenvalue weighted by atomic mass is 16.5. The normalized spacial score (nSPS) is 18.0. The lowest BCUT2D eigenvalue weighted by molar-refractivity contribution is 0.0321. The Morgan fingerprint density at radius 3 is 2.50 bits per heavy atom. The molecule has 1 saturated carbocycles. The molecule has 0 aromatic carbocycles. The predicted octanol–water partition coefficient (Wildman–Crippen LogP) is 1.80. The van der Waals surface area contributed by atoms with Crippen LogP contribution in [0.3, 0.4) is 0 Å². The zero-order chi connectivity index (χ0) is 11.8. The van der Waals surface area contributed by atoms with E-state index in [2.05, 4.69) is 19.2 Å². The van der Waals surface area contributed by atoms with Crippen molar-refractivity contribution in [2.45, 2.75) is 45.6 Å². The Labute approximate surface area is 99.6 Å². The molecule has 2 N–H and O–H groups in total. The summed E-state index contributed by atoms with van der Waals surface area (Å²) in [7, 11) is 0. The molecule has 0 aromatic rings. The van der Waals surface area contributed by atoms with Gasteiger partial charge in [0.15, 0.2) is 0 Å². The topological polar surface area (TPSA) is 41.5 Å². The SMILES string of the molecule is CCC(CC)CNCC(O)COCC1CC1. The molecular weight excluding hydrogens is 202 g/mol. The van der Waals surface area contributed by atoms with Gasteiger partial charge < -0.3 is 15.2 Å². The van der Waals surface area contributed by atoms with Crippen LogP contribution in [0.2, 0.25) is 0 Å². The Hall–Kier alpha value is -0.120. The van der Waals surface area contributed by atoms with Crippen molar-refractivity contribution in [3.8, 4) is 0 Å². The minimum Gasteiger partial charge on any atom is -0.389 e. The van der Waals surface area contributed by atoms with E-state index in [-0.39, 0.29) is 6.10 Å². The fourth-order valence-corrected chi connectivity index (χ4v) is 1.75. The van der Waals surface area contributed by atoms with Gasteiger partial charge in [0.25, 0.3) is 0 Å². The van der Waals surface area contributed by atoms with E-state index in [4.69, 9.17) is 4.74 Å². The maximum Gasteiger partial charge on any atom is 0.0897 e. The van der Waals surface area contributed by atoms with Crippen LogP contribution in [0.15, 0.2) is 0 Å². The Bertz CT molecular complexity index is 167. The maximum absolute atomic E-state index is 9.65. The van der Waals surface area contributed by atoms with Crippen molar-refractivity contribution in [3.63, 3.8) is 0 Å². The minimum absolute atomic E-state index is 0.354. The Morgan fingerprint density at radius 1 is 1.25 bits per heavy atom. The van der Waals surface area contributed by atoms with Gasteiger partial charge in [0, 0.05) is 13.2 Å². The first-order valence-electron chi connectivity index (χ1n) is 6.72. The highest BCUT2D eigenvalue weighted by molar-refractivity contribution is 4.72. The molecule has 1 fully saturated rings. The highest BCUT2D eigenvalue weighted by Crippen LogP contribution is 2.28. The van der Waals surface area contributed by atoms with Crippen LogP contribution in [0.4, 0.5) is 0 Å². The highest BCUT2D eigenvalue weighted by Gasteiger charge is 2.21. The number of aliphatic hydroxyl groups excluding tert-OH is 1. The molecule has 0 aromatic heterocycles. The van der Waals surface area contributed by atoms with Gasteiger partial charge in [-0.05, 0) is 31.2 Å². The van der Waals surface area contributed by atoms with Crippen molar-refractivity contribution in [2.75, 3.05) is 26.3 Å². The summed E-state index contributed by atoms with van der Waals surface area (Å²) in [6.07, 6.45) is 4.68. The first kappa shape index (κ1) is 13.9. The van der Waals surface area contributed by atoms with Gasteiger partial charge in [-0.25, -0.2) is 0 Å². The molecule has 16 heavy (non-hydrogen) atoms. The molecule has 96 valence electrons. The van der Waals surface area contributed by atoms with Crippen molar-refractivity contribution in [1.82, 2.24) is 5.32 Å². The average Bonchev–Trinajstić information content (AvgIpc) is 3.08. The van der Waals surface area contributed by atoms with Crippen molar-refractivity contribution < 1.29 is 9.84 Å².